The van der Waals surface area contributed by atoms with Gasteiger partial charge in [0.15, 0.2) is 0 Å². The molecule has 1 aromatic rings. The highest BCUT2D eigenvalue weighted by molar-refractivity contribution is 9.18. The highest BCUT2D eigenvalue weighted by Gasteiger charge is 2.18. The van der Waals surface area contributed by atoms with E-state index in [0.29, 0.717) is 21.6 Å². The highest BCUT2D eigenvalue weighted by Crippen LogP contribution is 2.15. The third kappa shape index (κ3) is 6.15. The summed E-state index contributed by atoms with van der Waals surface area (Å²) in [7, 11) is 2.08. The van der Waals surface area contributed by atoms with Crippen molar-refractivity contribution >= 4 is 52.9 Å². The van der Waals surface area contributed by atoms with E-state index < -0.39 is 0 Å². The van der Waals surface area contributed by atoms with E-state index in [9.17, 15) is 4.79 Å². The lowest BCUT2D eigenvalue weighted by Gasteiger charge is -2.21. The minimum absolute atomic E-state index is 0.0169. The zero-order valence-electron chi connectivity index (χ0n) is 12.3. The Morgan fingerprint density at radius 3 is 2.90 bits per heavy atom. The number of carbonyl (C=O) groups is 1. The van der Waals surface area contributed by atoms with Gasteiger partial charge in [0, 0.05) is 31.1 Å². The maximum absolute atomic E-state index is 12.2. The molecular formula is C14H18BrN3OSSi. The maximum Gasteiger partial charge on any atom is 0.227 e. The van der Waals surface area contributed by atoms with Crippen molar-refractivity contribution in [3.8, 4) is 0 Å². The molecule has 0 aliphatic carbocycles. The van der Waals surface area contributed by atoms with Crippen molar-refractivity contribution in [2.75, 3.05) is 13.3 Å². The van der Waals surface area contributed by atoms with Gasteiger partial charge >= 0.3 is 0 Å². The number of amides is 1. The summed E-state index contributed by atoms with van der Waals surface area (Å²) >= 11 is 4.83. The Hall–Kier alpha value is -0.923. The van der Waals surface area contributed by atoms with Crippen LogP contribution in [0.5, 0.6) is 0 Å². The Kier molecular flexibility index (Phi) is 7.91. The van der Waals surface area contributed by atoms with Crippen LogP contribution in [0.3, 0.4) is 0 Å². The molecule has 7 heteroatoms. The number of allylic oxidation sites excluding steroid dienone is 1. The molecule has 0 bridgehead atoms. The molecule has 0 fully saturated rings. The molecule has 1 atom stereocenters. The van der Waals surface area contributed by atoms with Crippen molar-refractivity contribution in [1.29, 1.82) is 5.41 Å². The van der Waals surface area contributed by atoms with Crippen molar-refractivity contribution in [2.24, 2.45) is 0 Å². The molecule has 0 saturated heterocycles. The van der Waals surface area contributed by atoms with E-state index in [1.807, 2.05) is 31.0 Å². The van der Waals surface area contributed by atoms with Crippen molar-refractivity contribution in [3.63, 3.8) is 0 Å². The smallest absolute Gasteiger partial charge is 0.227 e. The molecule has 1 amide bonds. The Morgan fingerprint density at radius 1 is 1.67 bits per heavy atom. The summed E-state index contributed by atoms with van der Waals surface area (Å²) in [6.07, 6.45) is 5.98. The summed E-state index contributed by atoms with van der Waals surface area (Å²) in [5, 5.41) is 9.15. The van der Waals surface area contributed by atoms with Gasteiger partial charge in [-0.25, -0.2) is 0 Å². The van der Waals surface area contributed by atoms with Gasteiger partial charge in [-0.2, -0.15) is 11.8 Å². The molecule has 0 saturated carbocycles. The molecule has 0 aromatic carbocycles. The van der Waals surface area contributed by atoms with Crippen molar-refractivity contribution in [3.05, 3.63) is 35.9 Å². The molecule has 1 rings (SSSR count). The molecule has 2 radical (unpaired) electrons. The van der Waals surface area contributed by atoms with Crippen LogP contribution in [-0.4, -0.2) is 48.5 Å². The number of hydrogen-bond donors (Lipinski definition) is 1. The number of halogens is 1. The lowest BCUT2D eigenvalue weighted by Crippen LogP contribution is -2.31. The second-order valence-electron chi connectivity index (χ2n) is 4.43. The summed E-state index contributed by atoms with van der Waals surface area (Å²) in [6.45, 7) is 2.02. The van der Waals surface area contributed by atoms with Crippen LogP contribution in [0.15, 0.2) is 35.9 Å². The lowest BCUT2D eigenvalue weighted by atomic mass is 10.3. The van der Waals surface area contributed by atoms with Crippen LogP contribution in [0, 0.1) is 5.41 Å². The molecule has 0 aliphatic rings. The molecule has 1 N–H and O–H groups in total. The molecule has 0 aliphatic heterocycles. The van der Waals surface area contributed by atoms with Crippen LogP contribution in [0.4, 0.5) is 0 Å². The number of hydrogen-bond acceptors (Lipinski definition) is 4. The zero-order valence-corrected chi connectivity index (χ0v) is 15.7. The van der Waals surface area contributed by atoms with Crippen LogP contribution in [0.25, 0.3) is 0 Å². The highest BCUT2D eigenvalue weighted by atomic mass is 79.9. The average molecular weight is 384 g/mol. The first-order chi connectivity index (χ1) is 9.95. The Balaban J connectivity index is 2.81. The Morgan fingerprint density at radius 2 is 2.38 bits per heavy atom. The Labute approximate surface area is 140 Å². The minimum Gasteiger partial charge on any atom is -0.314 e. The van der Waals surface area contributed by atoms with E-state index in [0.717, 1.165) is 5.19 Å². The van der Waals surface area contributed by atoms with Gasteiger partial charge in [0.05, 0.1) is 5.70 Å². The first kappa shape index (κ1) is 18.1. The first-order valence-electron chi connectivity index (χ1n) is 6.36. The molecule has 21 heavy (non-hydrogen) atoms. The van der Waals surface area contributed by atoms with Crippen LogP contribution < -0.4 is 5.19 Å². The van der Waals surface area contributed by atoms with Crippen LogP contribution in [0.2, 0.25) is 0 Å². The zero-order chi connectivity index (χ0) is 15.8. The number of aromatic nitrogens is 1. The largest absolute Gasteiger partial charge is 0.314 e. The van der Waals surface area contributed by atoms with Crippen molar-refractivity contribution < 1.29 is 4.79 Å². The maximum atomic E-state index is 12.2. The molecule has 112 valence electrons. The monoisotopic (exact) mass is 383 g/mol. The SMILES string of the molecule is CSC(C)CC(=O)N(C)/C(=C/[Si]c1cccnc1)C(=N)Br. The van der Waals surface area contributed by atoms with Crippen LogP contribution in [-0.2, 0) is 4.79 Å². The summed E-state index contributed by atoms with van der Waals surface area (Å²) in [5.74, 6) is 0.0169. The topological polar surface area (TPSA) is 57.1 Å². The first-order valence-corrected chi connectivity index (χ1v) is 9.52. The summed E-state index contributed by atoms with van der Waals surface area (Å²) in [4.78, 5) is 17.8. The predicted octanol–water partition coefficient (Wildman–Crippen LogP) is 2.22. The van der Waals surface area contributed by atoms with Gasteiger partial charge in [0.25, 0.3) is 0 Å². The second-order valence-corrected chi connectivity index (χ2v) is 7.66. The minimum atomic E-state index is 0.0169. The lowest BCUT2D eigenvalue weighted by molar-refractivity contribution is -0.127. The quantitative estimate of drug-likeness (QED) is 0.579. The number of rotatable bonds is 7. The molecule has 4 nitrogen and oxygen atoms in total. The number of thioether (sulfide) groups is 1. The second kappa shape index (κ2) is 9.17. The molecule has 0 spiro atoms. The predicted molar refractivity (Wildman–Crippen MR) is 94.7 cm³/mol. The summed E-state index contributed by atoms with van der Waals surface area (Å²) < 4.78 is 0.214. The fraction of sp³-hybridized carbons (Fsp3) is 0.357. The number of nitrogens with zero attached hydrogens (tertiary/aromatic N) is 2. The normalized spacial score (nSPS) is 12.9. The van der Waals surface area contributed by atoms with Gasteiger partial charge in [-0.1, -0.05) is 18.7 Å². The van der Waals surface area contributed by atoms with E-state index in [4.69, 9.17) is 5.41 Å². The fourth-order valence-corrected chi connectivity index (χ4v) is 3.39. The van der Waals surface area contributed by atoms with Gasteiger partial charge in [-0.05, 0) is 33.4 Å². The summed E-state index contributed by atoms with van der Waals surface area (Å²) in [6, 6.07) is 3.86. The third-order valence-electron chi connectivity index (χ3n) is 2.86. The number of carbonyl (C=O) groups excluding carboxylic acids is 1. The van der Waals surface area contributed by atoms with E-state index in [1.54, 1.807) is 36.1 Å². The van der Waals surface area contributed by atoms with Gasteiger partial charge in [-0.3, -0.25) is 15.2 Å². The van der Waals surface area contributed by atoms with Gasteiger partial charge < -0.3 is 4.90 Å². The van der Waals surface area contributed by atoms with Crippen LogP contribution >= 0.6 is 27.7 Å². The number of nitrogens with one attached hydrogen (secondary N) is 1. The van der Waals surface area contributed by atoms with E-state index in [1.165, 1.54) is 0 Å². The van der Waals surface area contributed by atoms with Crippen LogP contribution in [0.1, 0.15) is 13.3 Å². The van der Waals surface area contributed by atoms with Gasteiger partial charge in [0.1, 0.15) is 14.1 Å². The standard InChI is InChI=1S/C14H18BrN3OSSi/c1-10(20-3)7-13(19)18(2)12(14(15)16)9-21-11-5-4-6-17-8-11/h4-6,8-10,16H,7H2,1-3H3/b12-9+,16-14?. The van der Waals surface area contributed by atoms with E-state index in [-0.39, 0.29) is 15.8 Å². The molecule has 1 aromatic heterocycles. The molecule has 1 heterocycles. The average Bonchev–Trinajstić information content (AvgIpc) is 2.47. The van der Waals surface area contributed by atoms with E-state index in [2.05, 4.69) is 20.9 Å². The van der Waals surface area contributed by atoms with E-state index >= 15 is 0 Å². The van der Waals surface area contributed by atoms with Gasteiger partial charge in [-0.15, -0.1) is 0 Å². The van der Waals surface area contributed by atoms with Crippen molar-refractivity contribution in [2.45, 2.75) is 18.6 Å². The third-order valence-corrected chi connectivity index (χ3v) is 5.29. The summed E-state index contributed by atoms with van der Waals surface area (Å²) in [5.41, 5.74) is 2.49. The molecule has 1 unspecified atom stereocenters. The Bertz CT molecular complexity index is 524. The van der Waals surface area contributed by atoms with Gasteiger partial charge in [0.2, 0.25) is 5.91 Å². The number of pyridine rings is 1. The molecular weight excluding hydrogens is 366 g/mol. The van der Waals surface area contributed by atoms with Crippen molar-refractivity contribution in [1.82, 2.24) is 9.88 Å². The fourth-order valence-electron chi connectivity index (χ4n) is 1.51.